The van der Waals surface area contributed by atoms with E-state index in [4.69, 9.17) is 0 Å². The topological polar surface area (TPSA) is 87.5 Å². The summed E-state index contributed by atoms with van der Waals surface area (Å²) in [5.74, 6) is -0.291. The highest BCUT2D eigenvalue weighted by Gasteiger charge is 2.38. The summed E-state index contributed by atoms with van der Waals surface area (Å²) in [4.78, 5) is 41.2. The van der Waals surface area contributed by atoms with Gasteiger partial charge in [-0.2, -0.15) is 5.10 Å². The maximum absolute atomic E-state index is 12.9. The highest BCUT2D eigenvalue weighted by Crippen LogP contribution is 2.30. The van der Waals surface area contributed by atoms with Crippen LogP contribution in [0.1, 0.15) is 48.8 Å². The Kier molecular flexibility index (Phi) is 5.82. The number of hydrogen-bond donors (Lipinski definition) is 1. The van der Waals surface area contributed by atoms with Crippen LogP contribution >= 0.6 is 0 Å². The molecular weight excluding hydrogens is 346 g/mol. The van der Waals surface area contributed by atoms with Gasteiger partial charge in [0.25, 0.3) is 5.91 Å². The van der Waals surface area contributed by atoms with E-state index < -0.39 is 0 Å². The predicted molar refractivity (Wildman–Crippen MR) is 100.0 cm³/mol. The molecule has 0 aromatic carbocycles. The summed E-state index contributed by atoms with van der Waals surface area (Å²) in [6.45, 7) is 5.42. The summed E-state index contributed by atoms with van der Waals surface area (Å²) >= 11 is 0. The lowest BCUT2D eigenvalue weighted by Crippen LogP contribution is -2.46. The van der Waals surface area contributed by atoms with E-state index in [1.54, 1.807) is 22.6 Å². The minimum absolute atomic E-state index is 0.00262. The number of hydrogen-bond acceptors (Lipinski definition) is 4. The van der Waals surface area contributed by atoms with E-state index in [2.05, 4.69) is 10.4 Å². The molecule has 1 aromatic rings. The van der Waals surface area contributed by atoms with Gasteiger partial charge in [0.1, 0.15) is 0 Å². The van der Waals surface area contributed by atoms with Crippen LogP contribution in [0.3, 0.4) is 0 Å². The van der Waals surface area contributed by atoms with Crippen LogP contribution in [0.25, 0.3) is 0 Å². The van der Waals surface area contributed by atoms with E-state index >= 15 is 0 Å². The van der Waals surface area contributed by atoms with Crippen LogP contribution in [0.15, 0.2) is 6.07 Å². The lowest BCUT2D eigenvalue weighted by molar-refractivity contribution is -0.134. The number of aromatic nitrogens is 2. The molecule has 1 aliphatic carbocycles. The number of rotatable bonds is 1. The number of fused-ring (bicyclic) bond motifs is 1. The Labute approximate surface area is 159 Å². The summed E-state index contributed by atoms with van der Waals surface area (Å²) < 4.78 is 1.68. The number of aryl methyl sites for hydroxylation is 2. The zero-order chi connectivity index (χ0) is 19.6. The van der Waals surface area contributed by atoms with Gasteiger partial charge in [-0.15, -0.1) is 0 Å². The van der Waals surface area contributed by atoms with Crippen molar-refractivity contribution >= 4 is 17.7 Å². The van der Waals surface area contributed by atoms with Gasteiger partial charge < -0.3 is 15.1 Å². The molecule has 2 atom stereocenters. The number of carbonyl (C=O) groups excluding carboxylic acids is 3. The second kappa shape index (κ2) is 8.10. The van der Waals surface area contributed by atoms with Gasteiger partial charge in [0.15, 0.2) is 5.69 Å². The van der Waals surface area contributed by atoms with Gasteiger partial charge in [-0.05, 0) is 32.3 Å². The third-order valence-corrected chi connectivity index (χ3v) is 5.75. The summed E-state index contributed by atoms with van der Waals surface area (Å²) in [7, 11) is 1.81. The lowest BCUT2D eigenvalue weighted by Gasteiger charge is -2.31. The fraction of sp³-hybridized carbons (Fsp3) is 0.684. The molecule has 2 fully saturated rings. The smallest absolute Gasteiger partial charge is 0.274 e. The van der Waals surface area contributed by atoms with Crippen LogP contribution in [-0.4, -0.2) is 69.5 Å². The van der Waals surface area contributed by atoms with E-state index in [0.717, 1.165) is 25.0 Å². The van der Waals surface area contributed by atoms with E-state index in [1.165, 1.54) is 0 Å². The zero-order valence-corrected chi connectivity index (χ0v) is 16.4. The van der Waals surface area contributed by atoms with Gasteiger partial charge in [-0.25, -0.2) is 0 Å². The molecule has 27 heavy (non-hydrogen) atoms. The normalized spacial score (nSPS) is 24.2. The molecule has 1 aromatic heterocycles. The van der Waals surface area contributed by atoms with Gasteiger partial charge in [-0.3, -0.25) is 19.1 Å². The molecule has 8 heteroatoms. The molecule has 1 N–H and O–H groups in total. The van der Waals surface area contributed by atoms with Gasteiger partial charge in [-0.1, -0.05) is 6.42 Å². The van der Waals surface area contributed by atoms with E-state index in [0.29, 0.717) is 38.3 Å². The number of nitrogens with one attached hydrogen (secondary N) is 1. The third-order valence-electron chi connectivity index (χ3n) is 5.75. The first-order valence-electron chi connectivity index (χ1n) is 9.73. The van der Waals surface area contributed by atoms with Gasteiger partial charge in [0, 0.05) is 51.9 Å². The summed E-state index contributed by atoms with van der Waals surface area (Å²) in [5.41, 5.74) is 1.33. The van der Waals surface area contributed by atoms with Gasteiger partial charge in [0.05, 0.1) is 5.92 Å². The van der Waals surface area contributed by atoms with Crippen molar-refractivity contribution in [3.8, 4) is 0 Å². The summed E-state index contributed by atoms with van der Waals surface area (Å²) in [6.07, 6.45) is 3.34. The highest BCUT2D eigenvalue weighted by molar-refractivity contribution is 5.92. The first kappa shape index (κ1) is 19.4. The Hall–Kier alpha value is -2.38. The van der Waals surface area contributed by atoms with E-state index in [9.17, 15) is 14.4 Å². The van der Waals surface area contributed by atoms with E-state index in [1.807, 2.05) is 18.9 Å². The molecule has 0 bridgehead atoms. The lowest BCUT2D eigenvalue weighted by atomic mass is 10.0. The molecule has 3 amide bonds. The molecule has 148 valence electrons. The van der Waals surface area contributed by atoms with Crippen molar-refractivity contribution in [3.63, 3.8) is 0 Å². The van der Waals surface area contributed by atoms with Crippen LogP contribution < -0.4 is 5.32 Å². The molecule has 1 saturated heterocycles. The molecule has 2 aliphatic rings. The highest BCUT2D eigenvalue weighted by atomic mass is 16.2. The fourth-order valence-electron chi connectivity index (χ4n) is 4.20. The van der Waals surface area contributed by atoms with Crippen molar-refractivity contribution in [1.82, 2.24) is 24.9 Å². The molecule has 0 spiro atoms. The molecular formula is C19H29N5O3. The minimum Gasteiger partial charge on any atom is -0.354 e. The van der Waals surface area contributed by atoms with Crippen molar-refractivity contribution in [2.45, 2.75) is 45.6 Å². The SMILES string of the molecule is CC(=O)N1CCCN(C(=O)c2cc(C)n(C)n2)CCNC(=O)C2CCCC21. The Morgan fingerprint density at radius 2 is 1.96 bits per heavy atom. The van der Waals surface area contributed by atoms with Gasteiger partial charge >= 0.3 is 0 Å². The van der Waals surface area contributed by atoms with Gasteiger partial charge in [0.2, 0.25) is 11.8 Å². The third kappa shape index (κ3) is 4.14. The average molecular weight is 375 g/mol. The van der Waals surface area contributed by atoms with Crippen LogP contribution in [0.5, 0.6) is 0 Å². The fourth-order valence-corrected chi connectivity index (χ4v) is 4.20. The molecule has 8 nitrogen and oxygen atoms in total. The summed E-state index contributed by atoms with van der Waals surface area (Å²) in [6, 6.07) is 1.75. The van der Waals surface area contributed by atoms with Crippen LogP contribution in [-0.2, 0) is 16.6 Å². The average Bonchev–Trinajstić information content (AvgIpc) is 3.22. The van der Waals surface area contributed by atoms with Crippen LogP contribution in [0.2, 0.25) is 0 Å². The molecule has 2 unspecified atom stereocenters. The van der Waals surface area contributed by atoms with Crippen LogP contribution in [0.4, 0.5) is 0 Å². The standard InChI is InChI=1S/C19H29N5O3/c1-13-12-16(21-22(13)3)19(27)23-9-5-10-24(14(2)25)17-7-4-6-15(17)18(26)20-8-11-23/h12,15,17H,4-11H2,1-3H3,(H,20,26). The molecule has 1 saturated carbocycles. The Balaban J connectivity index is 1.76. The maximum Gasteiger partial charge on any atom is 0.274 e. The second-order valence-corrected chi connectivity index (χ2v) is 7.55. The molecule has 1 aliphatic heterocycles. The zero-order valence-electron chi connectivity index (χ0n) is 16.4. The Morgan fingerprint density at radius 3 is 2.63 bits per heavy atom. The Bertz CT molecular complexity index is 709. The van der Waals surface area contributed by atoms with E-state index in [-0.39, 0.29) is 29.7 Å². The van der Waals surface area contributed by atoms with Crippen molar-refractivity contribution < 1.29 is 14.4 Å². The largest absolute Gasteiger partial charge is 0.354 e. The first-order chi connectivity index (χ1) is 12.9. The van der Waals surface area contributed by atoms with Crippen molar-refractivity contribution in [3.05, 3.63) is 17.5 Å². The molecule has 2 heterocycles. The quantitative estimate of drug-likeness (QED) is 0.783. The predicted octanol–water partition coefficient (Wildman–Crippen LogP) is 0.708. The number of amides is 3. The first-order valence-corrected chi connectivity index (χ1v) is 9.73. The maximum atomic E-state index is 12.9. The number of carbonyl (C=O) groups is 3. The monoisotopic (exact) mass is 375 g/mol. The van der Waals surface area contributed by atoms with Crippen molar-refractivity contribution in [2.75, 3.05) is 26.2 Å². The second-order valence-electron chi connectivity index (χ2n) is 7.55. The molecule has 0 radical (unpaired) electrons. The molecule has 3 rings (SSSR count). The van der Waals surface area contributed by atoms with Crippen molar-refractivity contribution in [1.29, 1.82) is 0 Å². The van der Waals surface area contributed by atoms with Crippen LogP contribution in [0, 0.1) is 12.8 Å². The number of nitrogens with zero attached hydrogens (tertiary/aromatic N) is 4. The minimum atomic E-state index is -0.144. The van der Waals surface area contributed by atoms with Crippen molar-refractivity contribution in [2.24, 2.45) is 13.0 Å². The summed E-state index contributed by atoms with van der Waals surface area (Å²) in [5, 5.41) is 7.25. The Morgan fingerprint density at radius 1 is 1.19 bits per heavy atom.